The fourth-order valence-corrected chi connectivity index (χ4v) is 1.28. The van der Waals surface area contributed by atoms with Gasteiger partial charge < -0.3 is 0 Å². The second-order valence-corrected chi connectivity index (χ2v) is 4.83. The molecule has 0 saturated heterocycles. The van der Waals surface area contributed by atoms with Crippen molar-refractivity contribution in [1.29, 1.82) is 0 Å². The molecule has 0 aromatic heterocycles. The molecule has 2 heteroatoms. The van der Waals surface area contributed by atoms with Gasteiger partial charge in [0.1, 0.15) is 5.82 Å². The van der Waals surface area contributed by atoms with E-state index in [0.29, 0.717) is 0 Å². The van der Waals surface area contributed by atoms with Crippen LogP contribution in [0.1, 0.15) is 19.4 Å². The monoisotopic (exact) mass is 184 g/mol. The molecule has 0 nitrogen and oxygen atoms in total. The third-order valence-corrected chi connectivity index (χ3v) is 1.71. The smallest absolute Gasteiger partial charge is 0.123 e. The predicted octanol–water partition coefficient (Wildman–Crippen LogP) is 3.08. The molecule has 0 heterocycles. The van der Waals surface area contributed by atoms with Crippen LogP contribution in [0.15, 0.2) is 24.3 Å². The number of thiol groups is 1. The second-order valence-electron chi connectivity index (χ2n) is 3.62. The summed E-state index contributed by atoms with van der Waals surface area (Å²) in [7, 11) is 0. The van der Waals surface area contributed by atoms with Crippen LogP contribution < -0.4 is 0 Å². The van der Waals surface area contributed by atoms with Gasteiger partial charge in [-0.05, 0) is 24.1 Å². The number of hydrogen-bond donors (Lipinski definition) is 1. The molecule has 0 bridgehead atoms. The van der Waals surface area contributed by atoms with E-state index in [4.69, 9.17) is 0 Å². The van der Waals surface area contributed by atoms with Crippen molar-refractivity contribution >= 4 is 12.6 Å². The summed E-state index contributed by atoms with van der Waals surface area (Å²) < 4.78 is 12.5. The fourth-order valence-electron chi connectivity index (χ4n) is 1.10. The quantitative estimate of drug-likeness (QED) is 0.671. The molecule has 0 atom stereocenters. The van der Waals surface area contributed by atoms with Crippen LogP contribution in [0, 0.1) is 5.82 Å². The summed E-state index contributed by atoms with van der Waals surface area (Å²) in [6.45, 7) is 4.08. The fraction of sp³-hybridized carbons (Fsp3) is 0.400. The second kappa shape index (κ2) is 3.48. The maximum absolute atomic E-state index is 12.5. The number of rotatable bonds is 2. The summed E-state index contributed by atoms with van der Waals surface area (Å²) >= 11 is 4.40. The predicted molar refractivity (Wildman–Crippen MR) is 53.2 cm³/mol. The Labute approximate surface area is 78.2 Å². The van der Waals surface area contributed by atoms with Gasteiger partial charge in [0.05, 0.1) is 0 Å². The third-order valence-electron chi connectivity index (χ3n) is 1.55. The molecular weight excluding hydrogens is 171 g/mol. The zero-order valence-electron chi connectivity index (χ0n) is 7.34. The Morgan fingerprint density at radius 3 is 2.17 bits per heavy atom. The summed E-state index contributed by atoms with van der Waals surface area (Å²) in [4.78, 5) is 0. The molecule has 0 saturated carbocycles. The van der Waals surface area contributed by atoms with Crippen molar-refractivity contribution in [1.82, 2.24) is 0 Å². The Balaban J connectivity index is 2.71. The Morgan fingerprint density at radius 1 is 1.25 bits per heavy atom. The van der Waals surface area contributed by atoms with E-state index >= 15 is 0 Å². The lowest BCUT2D eigenvalue weighted by Crippen LogP contribution is -2.13. The molecule has 0 aliphatic carbocycles. The average Bonchev–Trinajstić information content (AvgIpc) is 1.91. The van der Waals surface area contributed by atoms with Gasteiger partial charge >= 0.3 is 0 Å². The largest absolute Gasteiger partial charge is 0.207 e. The number of halogens is 1. The minimum Gasteiger partial charge on any atom is -0.207 e. The van der Waals surface area contributed by atoms with Gasteiger partial charge in [-0.15, -0.1) is 0 Å². The minimum absolute atomic E-state index is 0.0299. The molecule has 0 fully saturated rings. The van der Waals surface area contributed by atoms with Gasteiger partial charge in [0.2, 0.25) is 0 Å². The van der Waals surface area contributed by atoms with Crippen molar-refractivity contribution in [3.63, 3.8) is 0 Å². The first-order valence-electron chi connectivity index (χ1n) is 3.94. The van der Waals surface area contributed by atoms with Gasteiger partial charge in [-0.2, -0.15) is 12.6 Å². The highest BCUT2D eigenvalue weighted by Crippen LogP contribution is 2.18. The lowest BCUT2D eigenvalue weighted by Gasteiger charge is -2.16. The van der Waals surface area contributed by atoms with Crippen LogP contribution in [0.25, 0.3) is 0 Å². The molecule has 0 aliphatic rings. The van der Waals surface area contributed by atoms with Crippen LogP contribution in [0.2, 0.25) is 0 Å². The molecule has 12 heavy (non-hydrogen) atoms. The van der Waals surface area contributed by atoms with Crippen LogP contribution in [0.5, 0.6) is 0 Å². The molecule has 0 spiro atoms. The molecule has 1 rings (SSSR count). The van der Waals surface area contributed by atoms with Gasteiger partial charge in [0.15, 0.2) is 0 Å². The van der Waals surface area contributed by atoms with E-state index in [1.54, 1.807) is 12.1 Å². The highest BCUT2D eigenvalue weighted by Gasteiger charge is 2.11. The summed E-state index contributed by atoms with van der Waals surface area (Å²) in [5.74, 6) is -0.185. The topological polar surface area (TPSA) is 0 Å². The average molecular weight is 184 g/mol. The summed E-state index contributed by atoms with van der Waals surface area (Å²) in [6.07, 6.45) is 0.858. The Bertz CT molecular complexity index is 246. The van der Waals surface area contributed by atoms with Gasteiger partial charge in [-0.25, -0.2) is 4.39 Å². The van der Waals surface area contributed by atoms with Gasteiger partial charge in [-0.1, -0.05) is 26.0 Å². The van der Waals surface area contributed by atoms with Crippen molar-refractivity contribution < 1.29 is 4.39 Å². The molecule has 66 valence electrons. The molecule has 0 N–H and O–H groups in total. The van der Waals surface area contributed by atoms with E-state index < -0.39 is 0 Å². The first-order chi connectivity index (χ1) is 5.47. The standard InChI is InChI=1S/C10H13FS/c1-10(2,12)7-8-3-5-9(11)6-4-8/h3-6,12H,7H2,1-2H3. The van der Waals surface area contributed by atoms with Crippen molar-refractivity contribution in [2.24, 2.45) is 0 Å². The van der Waals surface area contributed by atoms with E-state index in [-0.39, 0.29) is 10.6 Å². The SMILES string of the molecule is CC(C)(S)Cc1ccc(F)cc1. The van der Waals surface area contributed by atoms with E-state index in [1.807, 2.05) is 13.8 Å². The van der Waals surface area contributed by atoms with Crippen LogP contribution in [-0.2, 0) is 6.42 Å². The van der Waals surface area contributed by atoms with E-state index in [0.717, 1.165) is 12.0 Å². The maximum Gasteiger partial charge on any atom is 0.123 e. The Morgan fingerprint density at radius 2 is 1.75 bits per heavy atom. The first-order valence-corrected chi connectivity index (χ1v) is 4.39. The van der Waals surface area contributed by atoms with Crippen LogP contribution in [-0.4, -0.2) is 4.75 Å². The summed E-state index contributed by atoms with van der Waals surface area (Å²) in [5.41, 5.74) is 1.12. The van der Waals surface area contributed by atoms with E-state index in [2.05, 4.69) is 12.6 Å². The van der Waals surface area contributed by atoms with Crippen molar-refractivity contribution in [2.75, 3.05) is 0 Å². The molecular formula is C10H13FS. The van der Waals surface area contributed by atoms with Gasteiger partial charge in [0.25, 0.3) is 0 Å². The minimum atomic E-state index is -0.185. The highest BCUT2D eigenvalue weighted by molar-refractivity contribution is 7.81. The zero-order valence-corrected chi connectivity index (χ0v) is 8.24. The maximum atomic E-state index is 12.5. The van der Waals surface area contributed by atoms with Crippen molar-refractivity contribution in [2.45, 2.75) is 25.0 Å². The third kappa shape index (κ3) is 3.26. The van der Waals surface area contributed by atoms with Crippen LogP contribution >= 0.6 is 12.6 Å². The molecule has 0 unspecified atom stereocenters. The van der Waals surface area contributed by atoms with Crippen molar-refractivity contribution in [3.05, 3.63) is 35.6 Å². The van der Waals surface area contributed by atoms with Crippen LogP contribution in [0.4, 0.5) is 4.39 Å². The molecule has 1 aromatic rings. The first kappa shape index (κ1) is 9.59. The Hall–Kier alpha value is -0.500. The highest BCUT2D eigenvalue weighted by atomic mass is 32.1. The van der Waals surface area contributed by atoms with Gasteiger partial charge in [0, 0.05) is 4.75 Å². The lowest BCUT2D eigenvalue weighted by atomic mass is 10.0. The number of benzene rings is 1. The van der Waals surface area contributed by atoms with E-state index in [1.165, 1.54) is 12.1 Å². The van der Waals surface area contributed by atoms with E-state index in [9.17, 15) is 4.39 Å². The molecule has 1 aromatic carbocycles. The number of hydrogen-bond acceptors (Lipinski definition) is 1. The summed E-state index contributed by atoms with van der Waals surface area (Å²) in [5, 5.41) is 0. The Kier molecular flexibility index (Phi) is 2.78. The normalized spacial score (nSPS) is 11.7. The molecule has 0 amide bonds. The van der Waals surface area contributed by atoms with Crippen LogP contribution in [0.3, 0.4) is 0 Å². The van der Waals surface area contributed by atoms with Gasteiger partial charge in [-0.3, -0.25) is 0 Å². The molecule has 0 aliphatic heterocycles. The zero-order chi connectivity index (χ0) is 9.19. The lowest BCUT2D eigenvalue weighted by molar-refractivity contribution is 0.625. The van der Waals surface area contributed by atoms with Crippen molar-refractivity contribution in [3.8, 4) is 0 Å². The summed E-state index contributed by atoms with van der Waals surface area (Å²) in [6, 6.07) is 6.56. The molecule has 0 radical (unpaired) electrons.